The number of alkyl halides is 3. The maximum atomic E-state index is 13.7. The Kier molecular flexibility index (Phi) is 4.64. The van der Waals surface area contributed by atoms with Crippen molar-refractivity contribution >= 4 is 28.9 Å². The lowest BCUT2D eigenvalue weighted by Gasteiger charge is -2.13. The summed E-state index contributed by atoms with van der Waals surface area (Å²) >= 11 is 11.2. The Labute approximate surface area is 128 Å². The highest BCUT2D eigenvalue weighted by atomic mass is 35.5. The normalized spacial score (nSPS) is 11.5. The third kappa shape index (κ3) is 3.80. The minimum Gasteiger partial charge on any atom is -0.381 e. The number of hydrogen-bond acceptors (Lipinski definition) is 1. The van der Waals surface area contributed by atoms with Crippen molar-refractivity contribution in [3.63, 3.8) is 0 Å². The SMILES string of the molecule is Fc1c(Cl)cccc1CNc1ccc(Cl)c(C(F)(F)F)c1. The fraction of sp³-hybridized carbons (Fsp3) is 0.143. The predicted molar refractivity (Wildman–Crippen MR) is 75.2 cm³/mol. The largest absolute Gasteiger partial charge is 0.417 e. The van der Waals surface area contributed by atoms with E-state index >= 15 is 0 Å². The first kappa shape index (κ1) is 15.9. The summed E-state index contributed by atoms with van der Waals surface area (Å²) in [5.41, 5.74) is -0.502. The van der Waals surface area contributed by atoms with Gasteiger partial charge in [0, 0.05) is 17.8 Å². The van der Waals surface area contributed by atoms with Crippen molar-refractivity contribution in [1.82, 2.24) is 0 Å². The molecule has 0 saturated carbocycles. The molecule has 2 aromatic carbocycles. The standard InChI is InChI=1S/C14H9Cl2F4N/c15-11-5-4-9(6-10(11)14(18,19)20)21-7-8-2-1-3-12(16)13(8)17/h1-6,21H,7H2. The first-order valence-electron chi connectivity index (χ1n) is 5.82. The summed E-state index contributed by atoms with van der Waals surface area (Å²) in [7, 11) is 0. The van der Waals surface area contributed by atoms with E-state index in [1.165, 1.54) is 18.2 Å². The molecule has 0 bridgehead atoms. The van der Waals surface area contributed by atoms with Crippen molar-refractivity contribution in [3.05, 3.63) is 63.4 Å². The molecule has 0 aromatic heterocycles. The second-order valence-corrected chi connectivity index (χ2v) is 5.07. The molecule has 0 aliphatic heterocycles. The quantitative estimate of drug-likeness (QED) is 0.701. The molecule has 1 nitrogen and oxygen atoms in total. The minimum atomic E-state index is -4.55. The second kappa shape index (κ2) is 6.12. The van der Waals surface area contributed by atoms with Crippen molar-refractivity contribution in [2.24, 2.45) is 0 Å². The van der Waals surface area contributed by atoms with Crippen LogP contribution in [0.2, 0.25) is 10.0 Å². The van der Waals surface area contributed by atoms with E-state index in [0.717, 1.165) is 12.1 Å². The molecule has 2 aromatic rings. The van der Waals surface area contributed by atoms with E-state index in [2.05, 4.69) is 5.32 Å². The van der Waals surface area contributed by atoms with Gasteiger partial charge in [-0.25, -0.2) is 4.39 Å². The van der Waals surface area contributed by atoms with Crippen LogP contribution in [-0.4, -0.2) is 0 Å². The number of nitrogens with one attached hydrogen (secondary N) is 1. The zero-order valence-corrected chi connectivity index (χ0v) is 12.0. The van der Waals surface area contributed by atoms with E-state index in [1.54, 1.807) is 6.07 Å². The predicted octanol–water partition coefficient (Wildman–Crippen LogP) is 5.76. The van der Waals surface area contributed by atoms with Crippen molar-refractivity contribution < 1.29 is 17.6 Å². The number of halogens is 6. The van der Waals surface area contributed by atoms with Crippen LogP contribution in [-0.2, 0) is 12.7 Å². The maximum absolute atomic E-state index is 13.7. The van der Waals surface area contributed by atoms with Gasteiger partial charge in [-0.05, 0) is 24.3 Å². The van der Waals surface area contributed by atoms with E-state index in [-0.39, 0.29) is 27.8 Å². The molecule has 0 saturated heterocycles. The van der Waals surface area contributed by atoms with Gasteiger partial charge in [-0.1, -0.05) is 35.3 Å². The van der Waals surface area contributed by atoms with Gasteiger partial charge >= 0.3 is 6.18 Å². The Bertz CT molecular complexity index is 656. The third-order valence-electron chi connectivity index (χ3n) is 2.79. The second-order valence-electron chi connectivity index (χ2n) is 4.26. The summed E-state index contributed by atoms with van der Waals surface area (Å²) in [5.74, 6) is -0.600. The monoisotopic (exact) mass is 337 g/mol. The van der Waals surface area contributed by atoms with Crippen LogP contribution in [0, 0.1) is 5.82 Å². The van der Waals surface area contributed by atoms with E-state index in [0.29, 0.717) is 0 Å². The first-order valence-corrected chi connectivity index (χ1v) is 6.58. The first-order chi connectivity index (χ1) is 9.79. The topological polar surface area (TPSA) is 12.0 Å². The Balaban J connectivity index is 2.19. The molecule has 0 aliphatic rings. The smallest absolute Gasteiger partial charge is 0.381 e. The lowest BCUT2D eigenvalue weighted by Crippen LogP contribution is -2.08. The van der Waals surface area contributed by atoms with Crippen molar-refractivity contribution in [2.75, 3.05) is 5.32 Å². The van der Waals surface area contributed by atoms with Gasteiger partial charge in [0.2, 0.25) is 0 Å². The number of hydrogen-bond donors (Lipinski definition) is 1. The Morgan fingerprint density at radius 3 is 2.38 bits per heavy atom. The molecule has 0 heterocycles. The van der Waals surface area contributed by atoms with Gasteiger partial charge in [-0.3, -0.25) is 0 Å². The van der Waals surface area contributed by atoms with Crippen molar-refractivity contribution in [3.8, 4) is 0 Å². The Hall–Kier alpha value is -1.46. The molecule has 2 rings (SSSR count). The highest BCUT2D eigenvalue weighted by Gasteiger charge is 2.33. The van der Waals surface area contributed by atoms with Crippen LogP contribution in [0.4, 0.5) is 23.2 Å². The Morgan fingerprint density at radius 1 is 1.00 bits per heavy atom. The minimum absolute atomic E-state index is 0.00528. The molecular weight excluding hydrogens is 329 g/mol. The van der Waals surface area contributed by atoms with Crippen LogP contribution in [0.5, 0.6) is 0 Å². The van der Waals surface area contributed by atoms with E-state index in [9.17, 15) is 17.6 Å². The molecule has 21 heavy (non-hydrogen) atoms. The van der Waals surface area contributed by atoms with Gasteiger partial charge in [0.1, 0.15) is 5.82 Å². The van der Waals surface area contributed by atoms with Gasteiger partial charge in [0.15, 0.2) is 0 Å². The Morgan fingerprint density at radius 2 is 1.71 bits per heavy atom. The average Bonchev–Trinajstić information content (AvgIpc) is 2.40. The molecule has 0 unspecified atom stereocenters. The van der Waals surface area contributed by atoms with Crippen LogP contribution >= 0.6 is 23.2 Å². The summed E-state index contributed by atoms with van der Waals surface area (Å²) < 4.78 is 51.8. The van der Waals surface area contributed by atoms with Crippen LogP contribution in [0.3, 0.4) is 0 Å². The van der Waals surface area contributed by atoms with Crippen LogP contribution in [0.15, 0.2) is 36.4 Å². The zero-order chi connectivity index (χ0) is 15.6. The fourth-order valence-corrected chi connectivity index (χ4v) is 2.15. The zero-order valence-electron chi connectivity index (χ0n) is 10.4. The van der Waals surface area contributed by atoms with E-state index in [1.807, 2.05) is 0 Å². The molecule has 0 fully saturated rings. The number of anilines is 1. The number of rotatable bonds is 3. The fourth-order valence-electron chi connectivity index (χ4n) is 1.73. The molecule has 0 amide bonds. The van der Waals surface area contributed by atoms with E-state index in [4.69, 9.17) is 23.2 Å². The van der Waals surface area contributed by atoms with Crippen LogP contribution < -0.4 is 5.32 Å². The molecule has 0 spiro atoms. The molecule has 112 valence electrons. The summed E-state index contributed by atoms with van der Waals surface area (Å²) in [4.78, 5) is 0. The lowest BCUT2D eigenvalue weighted by atomic mass is 10.1. The molecule has 7 heteroatoms. The van der Waals surface area contributed by atoms with Gasteiger partial charge in [-0.2, -0.15) is 13.2 Å². The van der Waals surface area contributed by atoms with Gasteiger partial charge in [0.05, 0.1) is 15.6 Å². The van der Waals surface area contributed by atoms with Crippen LogP contribution in [0.25, 0.3) is 0 Å². The molecular formula is C14H9Cl2F4N. The van der Waals surface area contributed by atoms with E-state index < -0.39 is 17.6 Å². The molecule has 0 radical (unpaired) electrons. The van der Waals surface area contributed by atoms with Gasteiger partial charge in [0.25, 0.3) is 0 Å². The summed E-state index contributed by atoms with van der Waals surface area (Å²) in [6.45, 7) is 0.00528. The molecule has 1 N–H and O–H groups in total. The average molecular weight is 338 g/mol. The third-order valence-corrected chi connectivity index (χ3v) is 3.41. The summed E-state index contributed by atoms with van der Waals surface area (Å²) in [6.07, 6.45) is -4.55. The summed E-state index contributed by atoms with van der Waals surface area (Å²) in [6, 6.07) is 7.86. The molecule has 0 aliphatic carbocycles. The van der Waals surface area contributed by atoms with Gasteiger partial charge in [-0.15, -0.1) is 0 Å². The van der Waals surface area contributed by atoms with Crippen molar-refractivity contribution in [1.29, 1.82) is 0 Å². The van der Waals surface area contributed by atoms with Crippen molar-refractivity contribution in [2.45, 2.75) is 12.7 Å². The van der Waals surface area contributed by atoms with Crippen LogP contribution in [0.1, 0.15) is 11.1 Å². The molecule has 0 atom stereocenters. The van der Waals surface area contributed by atoms with Gasteiger partial charge < -0.3 is 5.32 Å². The highest BCUT2D eigenvalue weighted by molar-refractivity contribution is 6.31. The highest BCUT2D eigenvalue weighted by Crippen LogP contribution is 2.36. The lowest BCUT2D eigenvalue weighted by molar-refractivity contribution is -0.137. The number of benzene rings is 2. The summed E-state index contributed by atoms with van der Waals surface area (Å²) in [5, 5.41) is 2.28. The maximum Gasteiger partial charge on any atom is 0.417 e.